The highest BCUT2D eigenvalue weighted by molar-refractivity contribution is 7.89. The van der Waals surface area contributed by atoms with E-state index in [-0.39, 0.29) is 16.7 Å². The second kappa shape index (κ2) is 6.80. The van der Waals surface area contributed by atoms with E-state index in [2.05, 4.69) is 9.88 Å². The molecular formula is C17H22N2O6S. The number of aromatic nitrogens is 1. The standard InChI is InChI=1S/C17H22N2O6S/c1-12-10-15(25-18-12)14-2-3-16(24-14)26(20,21)19-13-4-7-23-17(11-13)5-8-22-9-6-17/h2-3,10,13,19H,4-9,11H2,1H3/t13-/m1/s1. The first-order valence-corrected chi connectivity index (χ1v) is 10.2. The molecule has 1 N–H and O–H groups in total. The van der Waals surface area contributed by atoms with Crippen molar-refractivity contribution in [3.8, 4) is 11.5 Å². The zero-order valence-corrected chi connectivity index (χ0v) is 15.4. The molecule has 0 radical (unpaired) electrons. The fraction of sp³-hybridized carbons (Fsp3) is 0.588. The van der Waals surface area contributed by atoms with Crippen LogP contribution in [-0.2, 0) is 19.5 Å². The number of ether oxygens (including phenoxy) is 2. The molecule has 4 rings (SSSR count). The third-order valence-corrected chi connectivity index (χ3v) is 6.33. The molecule has 2 aromatic heterocycles. The second-order valence-electron chi connectivity index (χ2n) is 6.91. The maximum Gasteiger partial charge on any atom is 0.274 e. The van der Waals surface area contributed by atoms with Gasteiger partial charge < -0.3 is 18.4 Å². The lowest BCUT2D eigenvalue weighted by atomic mass is 9.84. The molecule has 2 fully saturated rings. The number of hydrogen-bond acceptors (Lipinski definition) is 7. The zero-order valence-electron chi connectivity index (χ0n) is 14.6. The van der Waals surface area contributed by atoms with Crippen LogP contribution in [0.5, 0.6) is 0 Å². The van der Waals surface area contributed by atoms with Gasteiger partial charge in [0.1, 0.15) is 0 Å². The van der Waals surface area contributed by atoms with Crippen LogP contribution in [0.15, 0.2) is 32.2 Å². The molecule has 0 amide bonds. The molecule has 26 heavy (non-hydrogen) atoms. The summed E-state index contributed by atoms with van der Waals surface area (Å²) in [6, 6.07) is 4.50. The SMILES string of the molecule is Cc1cc(-c2ccc(S(=O)(=O)N[C@@H]3CCOC4(CCOCC4)C3)o2)on1. The average Bonchev–Trinajstić information content (AvgIpc) is 3.24. The minimum Gasteiger partial charge on any atom is -0.440 e. The summed E-state index contributed by atoms with van der Waals surface area (Å²) in [5.74, 6) is 0.732. The van der Waals surface area contributed by atoms with E-state index in [0.717, 1.165) is 12.8 Å². The Morgan fingerprint density at radius 1 is 1.19 bits per heavy atom. The van der Waals surface area contributed by atoms with Gasteiger partial charge in [0.2, 0.25) is 10.9 Å². The van der Waals surface area contributed by atoms with Gasteiger partial charge in [-0.15, -0.1) is 0 Å². The van der Waals surface area contributed by atoms with Crippen LogP contribution >= 0.6 is 0 Å². The van der Waals surface area contributed by atoms with Crippen molar-refractivity contribution in [1.29, 1.82) is 0 Å². The lowest BCUT2D eigenvalue weighted by Gasteiger charge is -2.43. The Hall–Kier alpha value is -1.68. The smallest absolute Gasteiger partial charge is 0.274 e. The van der Waals surface area contributed by atoms with E-state index in [1.165, 1.54) is 6.07 Å². The van der Waals surface area contributed by atoms with Gasteiger partial charge in [0.25, 0.3) is 10.0 Å². The van der Waals surface area contributed by atoms with Crippen molar-refractivity contribution in [3.63, 3.8) is 0 Å². The molecular weight excluding hydrogens is 360 g/mol. The zero-order chi connectivity index (χ0) is 18.2. The van der Waals surface area contributed by atoms with Crippen molar-refractivity contribution in [2.75, 3.05) is 19.8 Å². The van der Waals surface area contributed by atoms with Gasteiger partial charge in [-0.3, -0.25) is 0 Å². The molecule has 0 saturated carbocycles. The minimum absolute atomic E-state index is 0.130. The molecule has 0 unspecified atom stereocenters. The lowest BCUT2D eigenvalue weighted by Crippen LogP contribution is -2.50. The molecule has 9 heteroatoms. The third-order valence-electron chi connectivity index (χ3n) is 4.94. The summed E-state index contributed by atoms with van der Waals surface area (Å²) < 4.78 is 50.1. The van der Waals surface area contributed by atoms with Crippen LogP contribution in [-0.4, -0.2) is 45.0 Å². The van der Waals surface area contributed by atoms with Crippen LogP contribution in [0.1, 0.15) is 31.4 Å². The van der Waals surface area contributed by atoms with Crippen molar-refractivity contribution in [2.24, 2.45) is 0 Å². The van der Waals surface area contributed by atoms with Gasteiger partial charge in [-0.05, 0) is 44.7 Å². The van der Waals surface area contributed by atoms with E-state index < -0.39 is 10.0 Å². The Morgan fingerprint density at radius 2 is 2.00 bits per heavy atom. The van der Waals surface area contributed by atoms with Crippen molar-refractivity contribution >= 4 is 10.0 Å². The van der Waals surface area contributed by atoms with Gasteiger partial charge in [-0.1, -0.05) is 5.16 Å². The van der Waals surface area contributed by atoms with E-state index in [1.807, 2.05) is 0 Å². The van der Waals surface area contributed by atoms with Crippen LogP contribution in [0.2, 0.25) is 0 Å². The van der Waals surface area contributed by atoms with Crippen molar-refractivity contribution < 1.29 is 26.8 Å². The Labute approximate surface area is 151 Å². The Kier molecular flexibility index (Phi) is 4.64. The number of nitrogens with zero attached hydrogens (tertiary/aromatic N) is 1. The fourth-order valence-corrected chi connectivity index (χ4v) is 4.78. The molecule has 2 saturated heterocycles. The number of aryl methyl sites for hydroxylation is 1. The summed E-state index contributed by atoms with van der Waals surface area (Å²) in [6.45, 7) is 3.62. The number of rotatable bonds is 4. The molecule has 2 aliphatic heterocycles. The number of nitrogens with one attached hydrogen (secondary N) is 1. The molecule has 2 aromatic rings. The van der Waals surface area contributed by atoms with Crippen LogP contribution in [0, 0.1) is 6.92 Å². The maximum absolute atomic E-state index is 12.7. The highest BCUT2D eigenvalue weighted by Crippen LogP contribution is 2.35. The fourth-order valence-electron chi connectivity index (χ4n) is 3.57. The summed E-state index contributed by atoms with van der Waals surface area (Å²) in [5.41, 5.74) is 0.415. The van der Waals surface area contributed by atoms with Gasteiger partial charge in [0.15, 0.2) is 5.76 Å². The van der Waals surface area contributed by atoms with Crippen LogP contribution in [0.25, 0.3) is 11.5 Å². The van der Waals surface area contributed by atoms with Gasteiger partial charge in [-0.25, -0.2) is 13.1 Å². The van der Waals surface area contributed by atoms with Gasteiger partial charge in [-0.2, -0.15) is 0 Å². The minimum atomic E-state index is -3.76. The van der Waals surface area contributed by atoms with Crippen LogP contribution in [0.4, 0.5) is 0 Å². The van der Waals surface area contributed by atoms with Crippen molar-refractivity contribution in [3.05, 3.63) is 23.9 Å². The van der Waals surface area contributed by atoms with Crippen molar-refractivity contribution in [2.45, 2.75) is 49.3 Å². The first kappa shape index (κ1) is 17.7. The molecule has 2 aliphatic rings. The number of sulfonamides is 1. The number of furan rings is 1. The predicted molar refractivity (Wildman–Crippen MR) is 91.0 cm³/mol. The van der Waals surface area contributed by atoms with E-state index >= 15 is 0 Å². The molecule has 4 heterocycles. The van der Waals surface area contributed by atoms with Crippen LogP contribution in [0.3, 0.4) is 0 Å². The predicted octanol–water partition coefficient (Wildman–Crippen LogP) is 2.25. The molecule has 1 spiro atoms. The second-order valence-corrected chi connectivity index (χ2v) is 8.55. The van der Waals surface area contributed by atoms with Crippen LogP contribution < -0.4 is 4.72 Å². The van der Waals surface area contributed by atoms with Gasteiger partial charge in [0, 0.05) is 31.9 Å². The summed E-state index contributed by atoms with van der Waals surface area (Å²) >= 11 is 0. The molecule has 8 nitrogen and oxygen atoms in total. The average molecular weight is 382 g/mol. The maximum atomic E-state index is 12.7. The van der Waals surface area contributed by atoms with E-state index in [4.69, 9.17) is 18.4 Å². The molecule has 0 aromatic carbocycles. The Morgan fingerprint density at radius 3 is 2.73 bits per heavy atom. The van der Waals surface area contributed by atoms with E-state index in [1.54, 1.807) is 19.1 Å². The normalized spacial score (nSPS) is 23.3. The first-order valence-electron chi connectivity index (χ1n) is 8.73. The van der Waals surface area contributed by atoms with E-state index in [0.29, 0.717) is 49.9 Å². The third kappa shape index (κ3) is 3.57. The summed E-state index contributed by atoms with van der Waals surface area (Å²) in [6.07, 6.45) is 2.86. The van der Waals surface area contributed by atoms with E-state index in [9.17, 15) is 8.42 Å². The lowest BCUT2D eigenvalue weighted by molar-refractivity contribution is -0.138. The summed E-state index contributed by atoms with van der Waals surface area (Å²) in [5, 5.41) is 3.65. The molecule has 142 valence electrons. The highest BCUT2D eigenvalue weighted by Gasteiger charge is 2.40. The Balaban J connectivity index is 1.48. The Bertz CT molecular complexity index is 860. The quantitative estimate of drug-likeness (QED) is 0.865. The topological polar surface area (TPSA) is 104 Å². The highest BCUT2D eigenvalue weighted by atomic mass is 32.2. The number of hydrogen-bond donors (Lipinski definition) is 1. The largest absolute Gasteiger partial charge is 0.440 e. The molecule has 1 atom stereocenters. The summed E-state index contributed by atoms with van der Waals surface area (Å²) in [7, 11) is -3.76. The van der Waals surface area contributed by atoms with Crippen molar-refractivity contribution in [1.82, 2.24) is 9.88 Å². The molecule has 0 aliphatic carbocycles. The first-order chi connectivity index (χ1) is 12.5. The monoisotopic (exact) mass is 382 g/mol. The summed E-state index contributed by atoms with van der Waals surface area (Å²) in [4.78, 5) is 0. The molecule has 0 bridgehead atoms. The van der Waals surface area contributed by atoms with Gasteiger partial charge >= 0.3 is 0 Å². The van der Waals surface area contributed by atoms with Gasteiger partial charge in [0.05, 0.1) is 11.3 Å².